The molecule has 0 aromatic heterocycles. The Balaban J connectivity index is 1.61. The van der Waals surface area contributed by atoms with Crippen LogP contribution in [-0.2, 0) is 4.79 Å². The van der Waals surface area contributed by atoms with Crippen molar-refractivity contribution < 1.29 is 4.79 Å². The van der Waals surface area contributed by atoms with Gasteiger partial charge in [-0.2, -0.15) is 0 Å². The van der Waals surface area contributed by atoms with Crippen molar-refractivity contribution in [3.05, 3.63) is 0 Å². The van der Waals surface area contributed by atoms with Crippen LogP contribution in [0.5, 0.6) is 0 Å². The molecule has 2 heteroatoms. The Labute approximate surface area is 98.2 Å². The lowest BCUT2D eigenvalue weighted by Gasteiger charge is -2.29. The summed E-state index contributed by atoms with van der Waals surface area (Å²) >= 11 is 0. The van der Waals surface area contributed by atoms with E-state index in [9.17, 15) is 4.79 Å². The van der Waals surface area contributed by atoms with Crippen LogP contribution in [0.3, 0.4) is 0 Å². The predicted molar refractivity (Wildman–Crippen MR) is 64.2 cm³/mol. The molecule has 0 aromatic rings. The number of hydrogen-bond donors (Lipinski definition) is 1. The minimum Gasteiger partial charge on any atom is -0.310 e. The third-order valence-corrected chi connectivity index (χ3v) is 5.08. The van der Waals surface area contributed by atoms with E-state index >= 15 is 0 Å². The number of Topliss-reactive ketones (excluding diaryl/α,β-unsaturated/α-hetero) is 1. The molecule has 16 heavy (non-hydrogen) atoms. The van der Waals surface area contributed by atoms with Crippen LogP contribution in [0.4, 0.5) is 0 Å². The van der Waals surface area contributed by atoms with Gasteiger partial charge in [0.05, 0.1) is 0 Å². The smallest absolute Gasteiger partial charge is 0.140 e. The number of fused-ring (bicyclic) bond motifs is 2. The fourth-order valence-corrected chi connectivity index (χ4v) is 3.99. The Morgan fingerprint density at radius 1 is 1.06 bits per heavy atom. The van der Waals surface area contributed by atoms with Crippen molar-refractivity contribution in [2.75, 3.05) is 0 Å². The summed E-state index contributed by atoms with van der Waals surface area (Å²) in [7, 11) is 0. The summed E-state index contributed by atoms with van der Waals surface area (Å²) in [5.41, 5.74) is 0. The molecule has 1 N–H and O–H groups in total. The van der Waals surface area contributed by atoms with E-state index in [4.69, 9.17) is 0 Å². The summed E-state index contributed by atoms with van der Waals surface area (Å²) in [5, 5.41) is 3.59. The summed E-state index contributed by atoms with van der Waals surface area (Å²) in [5.74, 6) is 2.23. The van der Waals surface area contributed by atoms with Crippen LogP contribution in [0.2, 0.25) is 0 Å². The Morgan fingerprint density at radius 2 is 1.81 bits per heavy atom. The van der Waals surface area contributed by atoms with Gasteiger partial charge in [0.2, 0.25) is 0 Å². The summed E-state index contributed by atoms with van der Waals surface area (Å²) in [6.07, 6.45) is 8.53. The lowest BCUT2D eigenvalue weighted by Crippen LogP contribution is -2.34. The van der Waals surface area contributed by atoms with Gasteiger partial charge >= 0.3 is 0 Å². The van der Waals surface area contributed by atoms with E-state index in [0.29, 0.717) is 29.7 Å². The highest BCUT2D eigenvalue weighted by Gasteiger charge is 2.44. The zero-order valence-electron chi connectivity index (χ0n) is 10.2. The van der Waals surface area contributed by atoms with Gasteiger partial charge in [-0.15, -0.1) is 0 Å². The van der Waals surface area contributed by atoms with Gasteiger partial charge in [0, 0.05) is 23.9 Å². The van der Waals surface area contributed by atoms with Crippen LogP contribution in [0.15, 0.2) is 0 Å². The highest BCUT2D eigenvalue weighted by Crippen LogP contribution is 2.38. The molecule has 2 saturated heterocycles. The van der Waals surface area contributed by atoms with Gasteiger partial charge < -0.3 is 5.32 Å². The van der Waals surface area contributed by atoms with Gasteiger partial charge in [0.15, 0.2) is 0 Å². The van der Waals surface area contributed by atoms with E-state index in [1.54, 1.807) is 0 Å². The monoisotopic (exact) mass is 221 g/mol. The van der Waals surface area contributed by atoms with E-state index < -0.39 is 0 Å². The Morgan fingerprint density at radius 3 is 2.38 bits per heavy atom. The number of carbonyl (C=O) groups is 1. The molecule has 3 unspecified atom stereocenters. The molecule has 2 nitrogen and oxygen atoms in total. The average molecular weight is 221 g/mol. The van der Waals surface area contributed by atoms with E-state index in [-0.39, 0.29) is 0 Å². The number of hydrogen-bond acceptors (Lipinski definition) is 2. The fourth-order valence-electron chi connectivity index (χ4n) is 3.99. The maximum atomic E-state index is 12.5. The van der Waals surface area contributed by atoms with E-state index in [1.165, 1.54) is 25.7 Å². The van der Waals surface area contributed by atoms with Crippen molar-refractivity contribution in [3.8, 4) is 0 Å². The van der Waals surface area contributed by atoms with Crippen LogP contribution in [-0.4, -0.2) is 17.9 Å². The second-order valence-electron chi connectivity index (χ2n) is 6.25. The topological polar surface area (TPSA) is 29.1 Å². The van der Waals surface area contributed by atoms with E-state index in [1.807, 2.05) is 0 Å². The maximum Gasteiger partial charge on any atom is 0.140 e. The lowest BCUT2D eigenvalue weighted by molar-refractivity contribution is -0.128. The first kappa shape index (κ1) is 10.8. The molecule has 3 rings (SSSR count). The summed E-state index contributed by atoms with van der Waals surface area (Å²) < 4.78 is 0. The molecule has 0 aromatic carbocycles. The van der Waals surface area contributed by atoms with Crippen LogP contribution in [0, 0.1) is 17.8 Å². The van der Waals surface area contributed by atoms with Gasteiger partial charge in [0.1, 0.15) is 5.78 Å². The Bertz CT molecular complexity index is 280. The molecule has 90 valence electrons. The predicted octanol–water partition coefficient (Wildman–Crippen LogP) is 2.52. The number of carbonyl (C=O) groups excluding carboxylic acids is 1. The second-order valence-corrected chi connectivity index (χ2v) is 6.25. The summed E-state index contributed by atoms with van der Waals surface area (Å²) in [6.45, 7) is 2.32. The third kappa shape index (κ3) is 1.81. The molecule has 0 radical (unpaired) electrons. The number of rotatable bonds is 2. The lowest BCUT2D eigenvalue weighted by atomic mass is 9.74. The van der Waals surface area contributed by atoms with Crippen molar-refractivity contribution in [1.82, 2.24) is 5.32 Å². The third-order valence-electron chi connectivity index (χ3n) is 5.08. The normalized spacial score (nSPS) is 47.2. The van der Waals surface area contributed by atoms with Crippen molar-refractivity contribution in [1.29, 1.82) is 0 Å². The zero-order valence-corrected chi connectivity index (χ0v) is 10.2. The largest absolute Gasteiger partial charge is 0.310 e. The van der Waals surface area contributed by atoms with Crippen molar-refractivity contribution >= 4 is 5.78 Å². The SMILES string of the molecule is CC1CCC(C(=O)C2CC3CCC2N3)CC1. The quantitative estimate of drug-likeness (QED) is 0.776. The highest BCUT2D eigenvalue weighted by atomic mass is 16.1. The van der Waals surface area contributed by atoms with E-state index in [0.717, 1.165) is 25.2 Å². The van der Waals surface area contributed by atoms with Crippen molar-refractivity contribution in [2.24, 2.45) is 17.8 Å². The van der Waals surface area contributed by atoms with Crippen LogP contribution < -0.4 is 5.32 Å². The first-order valence-electron chi connectivity index (χ1n) is 7.04. The molecule has 3 aliphatic rings. The maximum absolute atomic E-state index is 12.5. The Kier molecular flexibility index (Phi) is 2.78. The van der Waals surface area contributed by atoms with Crippen LogP contribution in [0.25, 0.3) is 0 Å². The van der Waals surface area contributed by atoms with Gasteiger partial charge in [-0.25, -0.2) is 0 Å². The Hall–Kier alpha value is -0.370. The number of ketones is 1. The minimum absolute atomic E-state index is 0.372. The molecule has 2 bridgehead atoms. The number of nitrogens with one attached hydrogen (secondary N) is 1. The van der Waals surface area contributed by atoms with Gasteiger partial charge in [-0.05, 0) is 38.0 Å². The molecule has 3 atom stereocenters. The van der Waals surface area contributed by atoms with Gasteiger partial charge in [0.25, 0.3) is 0 Å². The van der Waals surface area contributed by atoms with E-state index in [2.05, 4.69) is 12.2 Å². The molecule has 0 amide bonds. The van der Waals surface area contributed by atoms with Crippen molar-refractivity contribution in [3.63, 3.8) is 0 Å². The summed E-state index contributed by atoms with van der Waals surface area (Å²) in [4.78, 5) is 12.5. The molecular formula is C14H23NO. The van der Waals surface area contributed by atoms with Crippen molar-refractivity contribution in [2.45, 2.75) is 64.0 Å². The highest BCUT2D eigenvalue weighted by molar-refractivity contribution is 5.84. The van der Waals surface area contributed by atoms with Crippen LogP contribution in [0.1, 0.15) is 51.9 Å². The van der Waals surface area contributed by atoms with Crippen LogP contribution >= 0.6 is 0 Å². The molecule has 2 heterocycles. The molecule has 1 saturated carbocycles. The molecule has 2 aliphatic heterocycles. The molecule has 0 spiro atoms. The fraction of sp³-hybridized carbons (Fsp3) is 0.929. The van der Waals surface area contributed by atoms with Gasteiger partial charge in [-0.1, -0.05) is 19.8 Å². The standard InChI is InChI=1S/C14H23NO/c1-9-2-4-10(5-3-9)14(16)12-8-11-6-7-13(12)15-11/h9-13,15H,2-8H2,1H3. The first-order chi connectivity index (χ1) is 7.74. The summed E-state index contributed by atoms with van der Waals surface area (Å²) in [6, 6.07) is 1.21. The second kappa shape index (κ2) is 4.14. The molecular weight excluding hydrogens is 198 g/mol. The average Bonchev–Trinajstić information content (AvgIpc) is 2.91. The minimum atomic E-state index is 0.372. The molecule has 1 aliphatic carbocycles. The molecule has 3 fully saturated rings. The zero-order chi connectivity index (χ0) is 11.1. The van der Waals surface area contributed by atoms with Gasteiger partial charge in [-0.3, -0.25) is 4.79 Å². The first-order valence-corrected chi connectivity index (χ1v) is 7.04.